The molecule has 0 bridgehead atoms. The van der Waals surface area contributed by atoms with Crippen LogP contribution in [0.25, 0.3) is 0 Å². The van der Waals surface area contributed by atoms with Crippen LogP contribution >= 0.6 is 11.6 Å². The van der Waals surface area contributed by atoms with Gasteiger partial charge in [-0.2, -0.15) is 0 Å². The van der Waals surface area contributed by atoms with Crippen molar-refractivity contribution in [2.24, 2.45) is 5.92 Å². The number of nitrogens with zero attached hydrogens (tertiary/aromatic N) is 1. The lowest BCUT2D eigenvalue weighted by atomic mass is 9.86. The maximum Gasteiger partial charge on any atom is 0.222 e. The molecule has 0 heterocycles. The molecule has 1 aliphatic carbocycles. The highest BCUT2D eigenvalue weighted by molar-refractivity contribution is 6.30. The lowest BCUT2D eigenvalue weighted by Crippen LogP contribution is -2.26. The third kappa shape index (κ3) is 4.91. The lowest BCUT2D eigenvalue weighted by molar-refractivity contribution is -0.130. The summed E-state index contributed by atoms with van der Waals surface area (Å²) in [5.74, 6) is 1.72. The Hall–Kier alpha value is -1.22. The molecule has 0 aliphatic heterocycles. The summed E-state index contributed by atoms with van der Waals surface area (Å²) < 4.78 is 5.34. The summed E-state index contributed by atoms with van der Waals surface area (Å²) in [7, 11) is 3.49. The van der Waals surface area contributed by atoms with E-state index in [1.54, 1.807) is 18.1 Å². The molecule has 1 aromatic rings. The second kappa shape index (κ2) is 8.42. The molecule has 0 N–H and O–H groups in total. The van der Waals surface area contributed by atoms with Crippen molar-refractivity contribution >= 4 is 17.5 Å². The van der Waals surface area contributed by atoms with Crippen molar-refractivity contribution < 1.29 is 9.53 Å². The van der Waals surface area contributed by atoms with Gasteiger partial charge in [0, 0.05) is 30.6 Å². The largest absolute Gasteiger partial charge is 0.496 e. The molecule has 0 atom stereocenters. The first-order chi connectivity index (χ1) is 10.6. The monoisotopic (exact) mass is 323 g/mol. The van der Waals surface area contributed by atoms with Crippen LogP contribution in [-0.2, 0) is 11.3 Å². The van der Waals surface area contributed by atoms with E-state index in [1.165, 1.54) is 32.1 Å². The highest BCUT2D eigenvalue weighted by Gasteiger charge is 2.17. The van der Waals surface area contributed by atoms with E-state index in [0.717, 1.165) is 23.7 Å². The molecule has 3 nitrogen and oxygen atoms in total. The molecule has 0 aromatic heterocycles. The van der Waals surface area contributed by atoms with Crippen LogP contribution in [0.4, 0.5) is 0 Å². The van der Waals surface area contributed by atoms with Crippen LogP contribution < -0.4 is 4.74 Å². The summed E-state index contributed by atoms with van der Waals surface area (Å²) in [6.45, 7) is 0.535. The fourth-order valence-corrected chi connectivity index (χ4v) is 3.40. The van der Waals surface area contributed by atoms with Crippen LogP contribution in [0.1, 0.15) is 50.5 Å². The van der Waals surface area contributed by atoms with Gasteiger partial charge in [0.2, 0.25) is 5.91 Å². The molecule has 122 valence electrons. The summed E-state index contributed by atoms with van der Waals surface area (Å²) in [6, 6.07) is 5.51. The van der Waals surface area contributed by atoms with Crippen LogP contribution in [0.5, 0.6) is 5.75 Å². The zero-order valence-electron chi connectivity index (χ0n) is 13.6. The number of hydrogen-bond donors (Lipinski definition) is 0. The number of rotatable bonds is 6. The number of carbonyl (C=O) groups is 1. The quantitative estimate of drug-likeness (QED) is 0.761. The second-order valence-electron chi connectivity index (χ2n) is 6.25. The fourth-order valence-electron chi connectivity index (χ4n) is 3.21. The molecular formula is C18H26ClNO2. The maximum atomic E-state index is 12.3. The predicted octanol–water partition coefficient (Wildman–Crippen LogP) is 4.67. The molecule has 22 heavy (non-hydrogen) atoms. The Morgan fingerprint density at radius 1 is 1.32 bits per heavy atom. The third-order valence-electron chi connectivity index (χ3n) is 4.57. The van der Waals surface area contributed by atoms with Crippen molar-refractivity contribution in [1.82, 2.24) is 4.90 Å². The topological polar surface area (TPSA) is 29.5 Å². The van der Waals surface area contributed by atoms with E-state index in [-0.39, 0.29) is 5.91 Å². The minimum atomic E-state index is 0.201. The van der Waals surface area contributed by atoms with Crippen molar-refractivity contribution in [3.8, 4) is 5.75 Å². The van der Waals surface area contributed by atoms with Crippen molar-refractivity contribution in [3.05, 3.63) is 28.8 Å². The smallest absolute Gasteiger partial charge is 0.222 e. The number of hydrogen-bond acceptors (Lipinski definition) is 2. The molecule has 0 spiro atoms. The molecular weight excluding hydrogens is 298 g/mol. The van der Waals surface area contributed by atoms with Gasteiger partial charge < -0.3 is 9.64 Å². The Kier molecular flexibility index (Phi) is 6.56. The molecule has 1 aliphatic rings. The van der Waals surface area contributed by atoms with Crippen LogP contribution in [0, 0.1) is 5.92 Å². The van der Waals surface area contributed by atoms with E-state index in [2.05, 4.69) is 0 Å². The molecule has 1 aromatic carbocycles. The predicted molar refractivity (Wildman–Crippen MR) is 90.3 cm³/mol. The zero-order valence-corrected chi connectivity index (χ0v) is 14.4. The number of ether oxygens (including phenoxy) is 1. The molecule has 0 unspecified atom stereocenters. The average Bonchev–Trinajstić information content (AvgIpc) is 2.53. The van der Waals surface area contributed by atoms with Gasteiger partial charge in [0.15, 0.2) is 0 Å². The third-order valence-corrected chi connectivity index (χ3v) is 4.80. The first-order valence-corrected chi connectivity index (χ1v) is 8.54. The highest BCUT2D eigenvalue weighted by Crippen LogP contribution is 2.28. The standard InChI is InChI=1S/C18H26ClNO2/c1-20(13-15-12-16(19)9-10-17(15)22-2)18(21)11-8-14-6-4-3-5-7-14/h9-10,12,14H,3-8,11,13H2,1-2H3. The van der Waals surface area contributed by atoms with Crippen molar-refractivity contribution in [2.45, 2.75) is 51.5 Å². The van der Waals surface area contributed by atoms with E-state index < -0.39 is 0 Å². The van der Waals surface area contributed by atoms with Crippen LogP contribution in [0.15, 0.2) is 18.2 Å². The summed E-state index contributed by atoms with van der Waals surface area (Å²) in [5, 5.41) is 0.666. The van der Waals surface area contributed by atoms with E-state index in [0.29, 0.717) is 18.0 Å². The van der Waals surface area contributed by atoms with Gasteiger partial charge in [-0.1, -0.05) is 43.7 Å². The SMILES string of the molecule is COc1ccc(Cl)cc1CN(C)C(=O)CCC1CCCCC1. The number of amides is 1. The number of methoxy groups -OCH3 is 1. The molecule has 1 amide bonds. The Morgan fingerprint density at radius 3 is 2.73 bits per heavy atom. The average molecular weight is 324 g/mol. The summed E-state index contributed by atoms with van der Waals surface area (Å²) in [4.78, 5) is 14.1. The fraction of sp³-hybridized carbons (Fsp3) is 0.611. The van der Waals surface area contributed by atoms with Gasteiger partial charge >= 0.3 is 0 Å². The normalized spacial score (nSPS) is 15.6. The molecule has 4 heteroatoms. The number of carbonyl (C=O) groups excluding carboxylic acids is 1. The van der Waals surface area contributed by atoms with Crippen molar-refractivity contribution in [2.75, 3.05) is 14.2 Å². The molecule has 0 saturated heterocycles. The number of benzene rings is 1. The lowest BCUT2D eigenvalue weighted by Gasteiger charge is -2.23. The van der Waals surface area contributed by atoms with Gasteiger partial charge in [0.05, 0.1) is 7.11 Å². The van der Waals surface area contributed by atoms with Gasteiger partial charge in [-0.05, 0) is 30.5 Å². The zero-order chi connectivity index (χ0) is 15.9. The maximum absolute atomic E-state index is 12.3. The van der Waals surface area contributed by atoms with E-state index in [1.807, 2.05) is 19.2 Å². The van der Waals surface area contributed by atoms with Gasteiger partial charge in [-0.15, -0.1) is 0 Å². The van der Waals surface area contributed by atoms with Gasteiger partial charge in [0.1, 0.15) is 5.75 Å². The van der Waals surface area contributed by atoms with Gasteiger partial charge in [-0.25, -0.2) is 0 Å². The highest BCUT2D eigenvalue weighted by atomic mass is 35.5. The van der Waals surface area contributed by atoms with E-state index >= 15 is 0 Å². The molecule has 2 rings (SSSR count). The Balaban J connectivity index is 1.86. The Morgan fingerprint density at radius 2 is 2.05 bits per heavy atom. The van der Waals surface area contributed by atoms with Gasteiger partial charge in [0.25, 0.3) is 0 Å². The van der Waals surface area contributed by atoms with E-state index in [4.69, 9.17) is 16.3 Å². The first kappa shape index (κ1) is 17.1. The minimum absolute atomic E-state index is 0.201. The summed E-state index contributed by atoms with van der Waals surface area (Å²) in [6.07, 6.45) is 8.26. The van der Waals surface area contributed by atoms with Crippen molar-refractivity contribution in [1.29, 1.82) is 0 Å². The first-order valence-electron chi connectivity index (χ1n) is 8.16. The minimum Gasteiger partial charge on any atom is -0.496 e. The summed E-state index contributed by atoms with van der Waals surface area (Å²) >= 11 is 6.04. The second-order valence-corrected chi connectivity index (χ2v) is 6.69. The van der Waals surface area contributed by atoms with Crippen LogP contribution in [0.3, 0.4) is 0 Å². The Labute approximate surface area is 138 Å². The van der Waals surface area contributed by atoms with E-state index in [9.17, 15) is 4.79 Å². The molecule has 0 radical (unpaired) electrons. The summed E-state index contributed by atoms with van der Waals surface area (Å²) in [5.41, 5.74) is 0.948. The molecule has 1 fully saturated rings. The van der Waals surface area contributed by atoms with Crippen molar-refractivity contribution in [3.63, 3.8) is 0 Å². The van der Waals surface area contributed by atoms with Crippen LogP contribution in [-0.4, -0.2) is 25.0 Å². The molecule has 1 saturated carbocycles. The Bertz CT molecular complexity index is 498. The number of halogens is 1. The van der Waals surface area contributed by atoms with Crippen LogP contribution in [0.2, 0.25) is 5.02 Å². The van der Waals surface area contributed by atoms with Gasteiger partial charge in [-0.3, -0.25) is 4.79 Å².